The van der Waals surface area contributed by atoms with Crippen molar-refractivity contribution >= 4 is 11.0 Å². The van der Waals surface area contributed by atoms with E-state index in [4.69, 9.17) is 10.6 Å². The van der Waals surface area contributed by atoms with Gasteiger partial charge < -0.3 is 14.1 Å². The molecule has 14 heavy (non-hydrogen) atoms. The lowest BCUT2D eigenvalue weighted by molar-refractivity contribution is 0.306. The Morgan fingerprint density at radius 1 is 1.36 bits per heavy atom. The minimum atomic E-state index is 0.485. The van der Waals surface area contributed by atoms with Crippen LogP contribution >= 0.6 is 0 Å². The van der Waals surface area contributed by atoms with Crippen LogP contribution in [0.5, 0.6) is 11.5 Å². The van der Waals surface area contributed by atoms with E-state index in [9.17, 15) is 0 Å². The molecule has 5 nitrogen and oxygen atoms in total. The van der Waals surface area contributed by atoms with E-state index in [0.717, 1.165) is 11.0 Å². The molecular formula is C9H11N3O2. The van der Waals surface area contributed by atoms with Gasteiger partial charge in [0.1, 0.15) is 0 Å². The molecule has 0 amide bonds. The van der Waals surface area contributed by atoms with E-state index >= 15 is 0 Å². The normalized spacial score (nSPS) is 10.5. The highest BCUT2D eigenvalue weighted by Crippen LogP contribution is 2.30. The molecule has 0 saturated carbocycles. The van der Waals surface area contributed by atoms with Gasteiger partial charge in [0, 0.05) is 19.2 Å². The summed E-state index contributed by atoms with van der Waals surface area (Å²) >= 11 is 0. The van der Waals surface area contributed by atoms with Crippen molar-refractivity contribution in [2.75, 3.05) is 7.11 Å². The fourth-order valence-corrected chi connectivity index (χ4v) is 1.39. The summed E-state index contributed by atoms with van der Waals surface area (Å²) < 4.78 is 7.02. The fraction of sp³-hybridized carbons (Fsp3) is 0.222. The third-order valence-corrected chi connectivity index (χ3v) is 2.14. The molecule has 2 N–H and O–H groups in total. The maximum absolute atomic E-state index is 5.12. The maximum Gasteiger partial charge on any atom is 0.190 e. The summed E-state index contributed by atoms with van der Waals surface area (Å²) in [4.78, 5) is 8.85. The molecule has 5 heteroatoms. The molecule has 2 aromatic rings. The Balaban J connectivity index is 2.71. The summed E-state index contributed by atoms with van der Waals surface area (Å²) in [5, 5.41) is 0. The van der Waals surface area contributed by atoms with Crippen molar-refractivity contribution in [2.45, 2.75) is 0 Å². The van der Waals surface area contributed by atoms with E-state index in [-0.39, 0.29) is 0 Å². The molecule has 1 aromatic heterocycles. The molecule has 74 valence electrons. The van der Waals surface area contributed by atoms with Crippen molar-refractivity contribution in [3.05, 3.63) is 18.5 Å². The van der Waals surface area contributed by atoms with Crippen LogP contribution < -0.4 is 15.5 Å². The predicted octanol–water partition coefficient (Wildman–Crippen LogP) is 0.834. The van der Waals surface area contributed by atoms with Gasteiger partial charge in [-0.2, -0.15) is 5.90 Å². The quantitative estimate of drug-likeness (QED) is 0.718. The van der Waals surface area contributed by atoms with Gasteiger partial charge in [-0.25, -0.2) is 4.98 Å². The lowest BCUT2D eigenvalue weighted by Gasteiger charge is -2.06. The molecule has 0 aliphatic heterocycles. The Morgan fingerprint density at radius 3 is 2.79 bits per heavy atom. The molecule has 0 saturated heterocycles. The maximum atomic E-state index is 5.12. The largest absolute Gasteiger partial charge is 0.493 e. The Kier molecular flexibility index (Phi) is 2.01. The molecule has 0 radical (unpaired) electrons. The summed E-state index contributed by atoms with van der Waals surface area (Å²) in [6.45, 7) is 0. The van der Waals surface area contributed by atoms with E-state index in [2.05, 4.69) is 9.82 Å². The summed E-state index contributed by atoms with van der Waals surface area (Å²) in [6, 6.07) is 3.58. The van der Waals surface area contributed by atoms with Crippen LogP contribution in [0.3, 0.4) is 0 Å². The van der Waals surface area contributed by atoms with E-state index in [1.807, 2.05) is 17.7 Å². The van der Waals surface area contributed by atoms with Gasteiger partial charge >= 0.3 is 0 Å². The number of benzene rings is 1. The topological polar surface area (TPSA) is 62.3 Å². The SMILES string of the molecule is COc1cc2c(cc1ON)ncn2C. The van der Waals surface area contributed by atoms with Gasteiger partial charge in [0.05, 0.1) is 24.5 Å². The summed E-state index contributed by atoms with van der Waals surface area (Å²) in [5.41, 5.74) is 1.80. The molecule has 0 unspecified atom stereocenters. The van der Waals surface area contributed by atoms with Crippen molar-refractivity contribution in [2.24, 2.45) is 12.9 Å². The number of imidazole rings is 1. The van der Waals surface area contributed by atoms with Gasteiger partial charge in [0.15, 0.2) is 11.5 Å². The summed E-state index contributed by atoms with van der Waals surface area (Å²) in [7, 11) is 3.48. The second kappa shape index (κ2) is 3.19. The van der Waals surface area contributed by atoms with Gasteiger partial charge in [0.25, 0.3) is 0 Å². The molecule has 0 fully saturated rings. The van der Waals surface area contributed by atoms with E-state index < -0.39 is 0 Å². The predicted molar refractivity (Wildman–Crippen MR) is 52.1 cm³/mol. The van der Waals surface area contributed by atoms with Crippen molar-refractivity contribution in [3.63, 3.8) is 0 Å². The van der Waals surface area contributed by atoms with E-state index in [1.165, 1.54) is 0 Å². The van der Waals surface area contributed by atoms with Gasteiger partial charge in [-0.15, -0.1) is 0 Å². The standard InChI is InChI=1S/C9H11N3O2/c1-12-5-11-6-3-9(14-10)8(13-2)4-7(6)12/h3-5H,10H2,1-2H3. The van der Waals surface area contributed by atoms with Gasteiger partial charge in [-0.3, -0.25) is 0 Å². The Hall–Kier alpha value is -1.75. The second-order valence-corrected chi connectivity index (χ2v) is 2.97. The summed E-state index contributed by atoms with van der Waals surface area (Å²) in [6.07, 6.45) is 1.73. The Labute approximate surface area is 81.0 Å². The first-order chi connectivity index (χ1) is 6.76. The third kappa shape index (κ3) is 1.18. The number of aryl methyl sites for hydroxylation is 1. The lowest BCUT2D eigenvalue weighted by Crippen LogP contribution is -2.03. The number of fused-ring (bicyclic) bond motifs is 1. The first-order valence-electron chi connectivity index (χ1n) is 4.12. The number of hydrogen-bond acceptors (Lipinski definition) is 4. The van der Waals surface area contributed by atoms with Crippen LogP contribution in [0.1, 0.15) is 0 Å². The smallest absolute Gasteiger partial charge is 0.190 e. The fourth-order valence-electron chi connectivity index (χ4n) is 1.39. The van der Waals surface area contributed by atoms with Crippen molar-refractivity contribution in [1.29, 1.82) is 0 Å². The first-order valence-corrected chi connectivity index (χ1v) is 4.12. The van der Waals surface area contributed by atoms with Crippen LogP contribution in [0.25, 0.3) is 11.0 Å². The van der Waals surface area contributed by atoms with Gasteiger partial charge in [-0.1, -0.05) is 0 Å². The minimum Gasteiger partial charge on any atom is -0.493 e. The molecule has 0 aliphatic carbocycles. The molecule has 1 aromatic carbocycles. The molecule has 1 heterocycles. The zero-order chi connectivity index (χ0) is 10.1. The number of ether oxygens (including phenoxy) is 1. The molecule has 0 aliphatic rings. The monoisotopic (exact) mass is 193 g/mol. The minimum absolute atomic E-state index is 0.485. The average Bonchev–Trinajstić information content (AvgIpc) is 2.58. The zero-order valence-electron chi connectivity index (χ0n) is 8.02. The van der Waals surface area contributed by atoms with Crippen LogP contribution in [0.2, 0.25) is 0 Å². The van der Waals surface area contributed by atoms with Crippen LogP contribution in [-0.2, 0) is 7.05 Å². The zero-order valence-corrected chi connectivity index (χ0v) is 8.02. The van der Waals surface area contributed by atoms with E-state index in [1.54, 1.807) is 19.5 Å². The number of nitrogens with zero attached hydrogens (tertiary/aromatic N) is 2. The Bertz CT molecular complexity index is 464. The molecule has 2 rings (SSSR count). The van der Waals surface area contributed by atoms with Crippen LogP contribution in [0.15, 0.2) is 18.5 Å². The number of rotatable bonds is 2. The molecule has 0 atom stereocenters. The first kappa shape index (κ1) is 8.83. The highest BCUT2D eigenvalue weighted by atomic mass is 16.6. The summed E-state index contributed by atoms with van der Waals surface area (Å²) in [5.74, 6) is 6.19. The van der Waals surface area contributed by atoms with Crippen LogP contribution in [-0.4, -0.2) is 16.7 Å². The third-order valence-electron chi connectivity index (χ3n) is 2.14. The number of hydrogen-bond donors (Lipinski definition) is 1. The molecule has 0 spiro atoms. The van der Waals surface area contributed by atoms with Gasteiger partial charge in [-0.05, 0) is 0 Å². The number of methoxy groups -OCH3 is 1. The van der Waals surface area contributed by atoms with Crippen molar-refractivity contribution in [3.8, 4) is 11.5 Å². The van der Waals surface area contributed by atoms with Gasteiger partial charge in [0.2, 0.25) is 0 Å². The number of aromatic nitrogens is 2. The average molecular weight is 193 g/mol. The second-order valence-electron chi connectivity index (χ2n) is 2.97. The van der Waals surface area contributed by atoms with Crippen molar-refractivity contribution in [1.82, 2.24) is 9.55 Å². The Morgan fingerprint density at radius 2 is 2.14 bits per heavy atom. The molecule has 0 bridgehead atoms. The van der Waals surface area contributed by atoms with Crippen molar-refractivity contribution < 1.29 is 9.57 Å². The van der Waals surface area contributed by atoms with E-state index in [0.29, 0.717) is 11.5 Å². The lowest BCUT2D eigenvalue weighted by atomic mass is 10.2. The number of nitrogens with two attached hydrogens (primary N) is 1. The highest BCUT2D eigenvalue weighted by Gasteiger charge is 2.08. The van der Waals surface area contributed by atoms with Crippen LogP contribution in [0, 0.1) is 0 Å². The molecular weight excluding hydrogens is 182 g/mol. The van der Waals surface area contributed by atoms with Crippen LogP contribution in [0.4, 0.5) is 0 Å². The highest BCUT2D eigenvalue weighted by molar-refractivity contribution is 5.79.